The first-order valence-corrected chi connectivity index (χ1v) is 8.00. The van der Waals surface area contributed by atoms with Crippen LogP contribution >= 0.6 is 15.9 Å². The SMILES string of the molecule is CC(C)N(C)CCCCn1c(N)nc2cc(F)c(Br)cc21. The van der Waals surface area contributed by atoms with Crippen molar-refractivity contribution in [2.45, 2.75) is 39.3 Å². The number of aryl methyl sites for hydroxylation is 1. The molecule has 116 valence electrons. The zero-order chi connectivity index (χ0) is 15.6. The number of nitrogens with zero attached hydrogens (tertiary/aromatic N) is 3. The molecule has 0 aliphatic carbocycles. The second-order valence-corrected chi connectivity index (χ2v) is 6.51. The Bertz CT molecular complexity index is 624. The van der Waals surface area contributed by atoms with Gasteiger partial charge in [0.25, 0.3) is 0 Å². The van der Waals surface area contributed by atoms with E-state index in [9.17, 15) is 4.39 Å². The van der Waals surface area contributed by atoms with Crippen molar-refractivity contribution < 1.29 is 4.39 Å². The van der Waals surface area contributed by atoms with Crippen LogP contribution in [0.3, 0.4) is 0 Å². The third-order valence-electron chi connectivity index (χ3n) is 3.84. The van der Waals surface area contributed by atoms with Crippen molar-refractivity contribution in [2.75, 3.05) is 19.3 Å². The molecule has 0 radical (unpaired) electrons. The topological polar surface area (TPSA) is 47.1 Å². The summed E-state index contributed by atoms with van der Waals surface area (Å²) < 4.78 is 15.9. The normalized spacial score (nSPS) is 12.0. The maximum atomic E-state index is 13.5. The Morgan fingerprint density at radius 2 is 2.10 bits per heavy atom. The summed E-state index contributed by atoms with van der Waals surface area (Å²) in [6.45, 7) is 6.23. The number of hydrogen-bond donors (Lipinski definition) is 1. The quantitative estimate of drug-likeness (QED) is 0.803. The van der Waals surface area contributed by atoms with E-state index in [1.807, 2.05) is 4.57 Å². The second kappa shape index (κ2) is 6.75. The van der Waals surface area contributed by atoms with Crippen LogP contribution in [0, 0.1) is 5.82 Å². The summed E-state index contributed by atoms with van der Waals surface area (Å²) >= 11 is 3.21. The van der Waals surface area contributed by atoms with Gasteiger partial charge in [-0.1, -0.05) is 0 Å². The molecule has 0 spiro atoms. The highest BCUT2D eigenvalue weighted by Gasteiger charge is 2.11. The summed E-state index contributed by atoms with van der Waals surface area (Å²) in [5.74, 6) is 0.130. The molecule has 2 aromatic rings. The fourth-order valence-electron chi connectivity index (χ4n) is 2.26. The van der Waals surface area contributed by atoms with Crippen LogP contribution in [0.2, 0.25) is 0 Å². The minimum absolute atomic E-state index is 0.314. The van der Waals surface area contributed by atoms with E-state index in [0.29, 0.717) is 22.0 Å². The van der Waals surface area contributed by atoms with Crippen molar-refractivity contribution in [1.82, 2.24) is 14.5 Å². The van der Waals surface area contributed by atoms with Crippen LogP contribution in [0.15, 0.2) is 16.6 Å². The number of nitrogens with two attached hydrogens (primary N) is 1. The number of aromatic nitrogens is 2. The minimum atomic E-state index is -0.314. The van der Waals surface area contributed by atoms with Gasteiger partial charge < -0.3 is 15.2 Å². The summed E-state index contributed by atoms with van der Waals surface area (Å²) in [5.41, 5.74) is 7.42. The van der Waals surface area contributed by atoms with Crippen LogP contribution in [-0.4, -0.2) is 34.1 Å². The first-order valence-electron chi connectivity index (χ1n) is 7.21. The van der Waals surface area contributed by atoms with Gasteiger partial charge in [-0.2, -0.15) is 0 Å². The molecule has 4 nitrogen and oxygen atoms in total. The molecule has 0 unspecified atom stereocenters. The predicted molar refractivity (Wildman–Crippen MR) is 88.8 cm³/mol. The number of benzene rings is 1. The Morgan fingerprint density at radius 1 is 1.38 bits per heavy atom. The highest BCUT2D eigenvalue weighted by molar-refractivity contribution is 9.10. The van der Waals surface area contributed by atoms with Gasteiger partial charge >= 0.3 is 0 Å². The Hall–Kier alpha value is -1.14. The highest BCUT2D eigenvalue weighted by atomic mass is 79.9. The van der Waals surface area contributed by atoms with Crippen LogP contribution < -0.4 is 5.73 Å². The molecule has 0 aliphatic rings. The molecule has 1 heterocycles. The van der Waals surface area contributed by atoms with Crippen molar-refractivity contribution in [1.29, 1.82) is 0 Å². The van der Waals surface area contributed by atoms with E-state index in [0.717, 1.165) is 31.4 Å². The minimum Gasteiger partial charge on any atom is -0.369 e. The molecule has 2 N–H and O–H groups in total. The molecular weight excluding hydrogens is 335 g/mol. The van der Waals surface area contributed by atoms with Gasteiger partial charge in [-0.25, -0.2) is 9.37 Å². The smallest absolute Gasteiger partial charge is 0.201 e. The molecule has 1 aromatic carbocycles. The highest BCUT2D eigenvalue weighted by Crippen LogP contribution is 2.25. The standard InChI is InChI=1S/C15H22BrFN4/c1-10(2)20(3)6-4-5-7-21-14-8-11(16)12(17)9-13(14)19-15(21)18/h8-10H,4-7H2,1-3H3,(H2,18,19). The molecule has 0 saturated carbocycles. The van der Waals surface area contributed by atoms with Gasteiger partial charge in [0.1, 0.15) is 5.82 Å². The van der Waals surface area contributed by atoms with E-state index in [1.165, 1.54) is 6.07 Å². The lowest BCUT2D eigenvalue weighted by Gasteiger charge is -2.20. The molecule has 21 heavy (non-hydrogen) atoms. The summed E-state index contributed by atoms with van der Waals surface area (Å²) in [6.07, 6.45) is 2.11. The number of anilines is 1. The van der Waals surface area contributed by atoms with E-state index in [2.05, 4.69) is 46.7 Å². The van der Waals surface area contributed by atoms with Gasteiger partial charge in [0.15, 0.2) is 0 Å². The molecule has 2 rings (SSSR count). The van der Waals surface area contributed by atoms with Crippen molar-refractivity contribution in [2.24, 2.45) is 0 Å². The zero-order valence-corrected chi connectivity index (χ0v) is 14.3. The summed E-state index contributed by atoms with van der Waals surface area (Å²) in [5, 5.41) is 0. The van der Waals surface area contributed by atoms with Crippen LogP contribution in [0.1, 0.15) is 26.7 Å². The third kappa shape index (κ3) is 3.74. The Morgan fingerprint density at radius 3 is 2.76 bits per heavy atom. The lowest BCUT2D eigenvalue weighted by atomic mass is 10.2. The molecular formula is C15H22BrFN4. The van der Waals surface area contributed by atoms with Gasteiger partial charge in [-0.05, 0) is 62.3 Å². The molecule has 0 amide bonds. The molecule has 0 saturated heterocycles. The van der Waals surface area contributed by atoms with Gasteiger partial charge in [-0.15, -0.1) is 0 Å². The molecule has 0 aliphatic heterocycles. The second-order valence-electron chi connectivity index (χ2n) is 5.66. The van der Waals surface area contributed by atoms with Crippen molar-refractivity contribution in [3.63, 3.8) is 0 Å². The first kappa shape index (κ1) is 16.2. The van der Waals surface area contributed by atoms with Crippen molar-refractivity contribution in [3.05, 3.63) is 22.4 Å². The molecule has 0 atom stereocenters. The van der Waals surface area contributed by atoms with E-state index < -0.39 is 0 Å². The summed E-state index contributed by atoms with van der Waals surface area (Å²) in [4.78, 5) is 6.55. The number of rotatable bonds is 6. The zero-order valence-electron chi connectivity index (χ0n) is 12.7. The van der Waals surface area contributed by atoms with Crippen LogP contribution in [0.4, 0.5) is 10.3 Å². The van der Waals surface area contributed by atoms with E-state index >= 15 is 0 Å². The number of unbranched alkanes of at least 4 members (excludes halogenated alkanes) is 1. The predicted octanol–water partition coefficient (Wildman–Crippen LogP) is 3.64. The van der Waals surface area contributed by atoms with E-state index in [4.69, 9.17) is 5.73 Å². The largest absolute Gasteiger partial charge is 0.369 e. The first-order chi connectivity index (χ1) is 9.90. The number of halogens is 2. The number of nitrogen functional groups attached to an aromatic ring is 1. The third-order valence-corrected chi connectivity index (χ3v) is 4.45. The van der Waals surface area contributed by atoms with Gasteiger partial charge in [0.05, 0.1) is 15.5 Å². The molecule has 6 heteroatoms. The van der Waals surface area contributed by atoms with E-state index in [1.54, 1.807) is 6.07 Å². The molecule has 0 bridgehead atoms. The van der Waals surface area contributed by atoms with E-state index in [-0.39, 0.29) is 5.82 Å². The van der Waals surface area contributed by atoms with Gasteiger partial charge in [0, 0.05) is 18.7 Å². The number of fused-ring (bicyclic) bond motifs is 1. The van der Waals surface area contributed by atoms with Crippen LogP contribution in [0.25, 0.3) is 11.0 Å². The molecule has 0 fully saturated rings. The Balaban J connectivity index is 2.05. The van der Waals surface area contributed by atoms with Gasteiger partial charge in [0.2, 0.25) is 5.95 Å². The van der Waals surface area contributed by atoms with Crippen LogP contribution in [-0.2, 0) is 6.54 Å². The number of hydrogen-bond acceptors (Lipinski definition) is 3. The fourth-order valence-corrected chi connectivity index (χ4v) is 2.59. The summed E-state index contributed by atoms with van der Waals surface area (Å²) in [6, 6.07) is 3.72. The van der Waals surface area contributed by atoms with Gasteiger partial charge in [-0.3, -0.25) is 0 Å². The monoisotopic (exact) mass is 356 g/mol. The summed E-state index contributed by atoms with van der Waals surface area (Å²) in [7, 11) is 2.13. The average Bonchev–Trinajstić information content (AvgIpc) is 2.70. The average molecular weight is 357 g/mol. The Labute approximate surface area is 133 Å². The fraction of sp³-hybridized carbons (Fsp3) is 0.533. The maximum Gasteiger partial charge on any atom is 0.201 e. The number of imidazole rings is 1. The van der Waals surface area contributed by atoms with Crippen molar-refractivity contribution >= 4 is 32.9 Å². The molecule has 1 aromatic heterocycles. The van der Waals surface area contributed by atoms with Crippen LogP contribution in [0.5, 0.6) is 0 Å². The Kier molecular flexibility index (Phi) is 5.22. The lowest BCUT2D eigenvalue weighted by Crippen LogP contribution is -2.27. The lowest BCUT2D eigenvalue weighted by molar-refractivity contribution is 0.266. The van der Waals surface area contributed by atoms with Crippen molar-refractivity contribution in [3.8, 4) is 0 Å². The maximum absolute atomic E-state index is 13.5.